The maximum absolute atomic E-state index is 6.20. The maximum atomic E-state index is 6.20. The van der Waals surface area contributed by atoms with Crippen molar-refractivity contribution in [3.8, 4) is 0 Å². The first-order valence-corrected chi connectivity index (χ1v) is 9.05. The molecular formula is C17H15BClN5S. The first-order chi connectivity index (χ1) is 12.1. The molecule has 0 bridgehead atoms. The number of rotatable bonds is 4. The SMILES string of the molecule is Bc1ccc2nc(Nc3cc(Cn4ccnc4C)cc(Cl)n3)sc2c1. The second-order valence-electron chi connectivity index (χ2n) is 5.90. The van der Waals surface area contributed by atoms with Crippen LogP contribution in [0.25, 0.3) is 10.2 Å². The van der Waals surface area contributed by atoms with E-state index >= 15 is 0 Å². The summed E-state index contributed by atoms with van der Waals surface area (Å²) >= 11 is 7.81. The standard InChI is InChI=1S/C17H15BClN5S/c1-10-20-4-5-24(10)9-11-6-15(19)22-16(7-11)23-17-21-13-3-2-12(18)8-14(13)25-17/h2-8H,9,18H2,1H3,(H,21,22,23). The molecule has 3 heterocycles. The van der Waals surface area contributed by atoms with Crippen LogP contribution in [0, 0.1) is 6.92 Å². The lowest BCUT2D eigenvalue weighted by atomic mass is 9.97. The molecule has 0 radical (unpaired) electrons. The smallest absolute Gasteiger partial charge is 0.189 e. The maximum Gasteiger partial charge on any atom is 0.189 e. The van der Waals surface area contributed by atoms with Crippen molar-refractivity contribution in [3.05, 3.63) is 59.3 Å². The normalized spacial score (nSPS) is 11.1. The molecule has 0 aliphatic rings. The predicted octanol–water partition coefficient (Wildman–Crippen LogP) is 2.90. The quantitative estimate of drug-likeness (QED) is 0.445. The van der Waals surface area contributed by atoms with Gasteiger partial charge in [-0.1, -0.05) is 34.5 Å². The lowest BCUT2D eigenvalue weighted by Crippen LogP contribution is -2.02. The second-order valence-corrected chi connectivity index (χ2v) is 7.32. The molecule has 8 heteroatoms. The van der Waals surface area contributed by atoms with Crippen LogP contribution in [0.3, 0.4) is 0 Å². The molecule has 3 aromatic heterocycles. The zero-order chi connectivity index (χ0) is 17.4. The number of nitrogens with zero attached hydrogens (tertiary/aromatic N) is 4. The zero-order valence-corrected chi connectivity index (χ0v) is 15.4. The number of aryl methyl sites for hydroxylation is 1. The summed E-state index contributed by atoms with van der Waals surface area (Å²) in [5, 5.41) is 4.53. The summed E-state index contributed by atoms with van der Waals surface area (Å²) in [6, 6.07) is 10.1. The number of thiazole rings is 1. The molecule has 0 spiro atoms. The van der Waals surface area contributed by atoms with Gasteiger partial charge in [-0.2, -0.15) is 0 Å². The van der Waals surface area contributed by atoms with Crippen molar-refractivity contribution in [1.82, 2.24) is 19.5 Å². The summed E-state index contributed by atoms with van der Waals surface area (Å²) in [6.07, 6.45) is 3.74. The van der Waals surface area contributed by atoms with Crippen LogP contribution in [0.4, 0.5) is 10.9 Å². The highest BCUT2D eigenvalue weighted by molar-refractivity contribution is 7.22. The van der Waals surface area contributed by atoms with Crippen molar-refractivity contribution >= 4 is 57.4 Å². The zero-order valence-electron chi connectivity index (χ0n) is 13.8. The molecule has 0 aliphatic carbocycles. The topological polar surface area (TPSA) is 55.6 Å². The van der Waals surface area contributed by atoms with Crippen LogP contribution in [-0.2, 0) is 6.54 Å². The fourth-order valence-corrected chi connectivity index (χ4v) is 3.87. The van der Waals surface area contributed by atoms with E-state index in [4.69, 9.17) is 11.6 Å². The Balaban J connectivity index is 1.62. The molecule has 0 saturated carbocycles. The van der Waals surface area contributed by atoms with Gasteiger partial charge >= 0.3 is 0 Å². The van der Waals surface area contributed by atoms with Gasteiger partial charge in [-0.15, -0.1) is 0 Å². The second kappa shape index (κ2) is 6.50. The molecule has 0 aliphatic heterocycles. The monoisotopic (exact) mass is 367 g/mol. The molecule has 25 heavy (non-hydrogen) atoms. The lowest BCUT2D eigenvalue weighted by Gasteiger charge is -2.08. The van der Waals surface area contributed by atoms with Gasteiger partial charge in [0.25, 0.3) is 0 Å². The Morgan fingerprint density at radius 3 is 2.92 bits per heavy atom. The van der Waals surface area contributed by atoms with Crippen molar-refractivity contribution in [2.24, 2.45) is 0 Å². The van der Waals surface area contributed by atoms with E-state index in [1.807, 2.05) is 31.3 Å². The van der Waals surface area contributed by atoms with Gasteiger partial charge in [0.1, 0.15) is 24.6 Å². The molecule has 124 valence electrons. The number of benzene rings is 1. The van der Waals surface area contributed by atoms with Crippen molar-refractivity contribution in [3.63, 3.8) is 0 Å². The van der Waals surface area contributed by atoms with Crippen LogP contribution in [0.15, 0.2) is 42.7 Å². The van der Waals surface area contributed by atoms with Crippen molar-refractivity contribution in [2.45, 2.75) is 13.5 Å². The molecular weight excluding hydrogens is 353 g/mol. The van der Waals surface area contributed by atoms with Gasteiger partial charge in [-0.25, -0.2) is 15.0 Å². The number of pyridine rings is 1. The lowest BCUT2D eigenvalue weighted by molar-refractivity contribution is 0.761. The fraction of sp³-hybridized carbons (Fsp3) is 0.118. The molecule has 0 atom stereocenters. The van der Waals surface area contributed by atoms with Crippen molar-refractivity contribution in [1.29, 1.82) is 0 Å². The number of imidazole rings is 1. The molecule has 0 unspecified atom stereocenters. The van der Waals surface area contributed by atoms with Gasteiger partial charge in [-0.3, -0.25) is 0 Å². The van der Waals surface area contributed by atoms with E-state index in [9.17, 15) is 0 Å². The molecule has 1 N–H and O–H groups in total. The van der Waals surface area contributed by atoms with E-state index < -0.39 is 0 Å². The van der Waals surface area contributed by atoms with E-state index in [0.717, 1.165) is 26.7 Å². The number of hydrogen-bond acceptors (Lipinski definition) is 5. The third kappa shape index (κ3) is 3.52. The van der Waals surface area contributed by atoms with Gasteiger partial charge in [-0.05, 0) is 36.8 Å². The molecule has 4 aromatic rings. The third-order valence-electron chi connectivity index (χ3n) is 3.91. The first-order valence-electron chi connectivity index (χ1n) is 7.85. The number of nitrogens with one attached hydrogen (secondary N) is 1. The van der Waals surface area contributed by atoms with Gasteiger partial charge in [0.05, 0.1) is 10.2 Å². The van der Waals surface area contributed by atoms with Crippen LogP contribution in [-0.4, -0.2) is 27.4 Å². The van der Waals surface area contributed by atoms with Crippen LogP contribution in [0.5, 0.6) is 0 Å². The highest BCUT2D eigenvalue weighted by Crippen LogP contribution is 2.28. The summed E-state index contributed by atoms with van der Waals surface area (Å²) in [5.41, 5.74) is 3.26. The predicted molar refractivity (Wildman–Crippen MR) is 106 cm³/mol. The molecule has 0 fully saturated rings. The summed E-state index contributed by atoms with van der Waals surface area (Å²) in [7, 11) is 2.08. The first kappa shape index (κ1) is 16.1. The van der Waals surface area contributed by atoms with Crippen LogP contribution in [0.2, 0.25) is 5.15 Å². The summed E-state index contributed by atoms with van der Waals surface area (Å²) in [5.74, 6) is 1.65. The van der Waals surface area contributed by atoms with Crippen LogP contribution >= 0.6 is 22.9 Å². The Morgan fingerprint density at radius 2 is 2.12 bits per heavy atom. The Labute approximate surface area is 155 Å². The number of anilines is 2. The highest BCUT2D eigenvalue weighted by Gasteiger charge is 2.08. The fourth-order valence-electron chi connectivity index (χ4n) is 2.67. The molecule has 0 amide bonds. The molecule has 1 aromatic carbocycles. The molecule has 4 rings (SSSR count). The van der Waals surface area contributed by atoms with Gasteiger partial charge in [0.15, 0.2) is 5.13 Å². The average molecular weight is 368 g/mol. The minimum Gasteiger partial charge on any atom is -0.331 e. The number of fused-ring (bicyclic) bond motifs is 1. The van der Waals surface area contributed by atoms with E-state index in [-0.39, 0.29) is 0 Å². The largest absolute Gasteiger partial charge is 0.331 e. The van der Waals surface area contributed by atoms with Crippen LogP contribution in [0.1, 0.15) is 11.4 Å². The van der Waals surface area contributed by atoms with E-state index in [2.05, 4.69) is 44.8 Å². The molecule has 0 saturated heterocycles. The van der Waals surface area contributed by atoms with Gasteiger partial charge < -0.3 is 9.88 Å². The van der Waals surface area contributed by atoms with Gasteiger partial charge in [0, 0.05) is 18.9 Å². The minimum atomic E-state index is 0.453. The summed E-state index contributed by atoms with van der Waals surface area (Å²) < 4.78 is 3.22. The number of aromatic nitrogens is 4. The van der Waals surface area contributed by atoms with E-state index in [1.165, 1.54) is 5.46 Å². The van der Waals surface area contributed by atoms with Crippen molar-refractivity contribution < 1.29 is 0 Å². The van der Waals surface area contributed by atoms with E-state index in [0.29, 0.717) is 17.5 Å². The van der Waals surface area contributed by atoms with Crippen molar-refractivity contribution in [2.75, 3.05) is 5.32 Å². The van der Waals surface area contributed by atoms with Gasteiger partial charge in [0.2, 0.25) is 0 Å². The summed E-state index contributed by atoms with van der Waals surface area (Å²) in [4.78, 5) is 13.2. The molecule has 5 nitrogen and oxygen atoms in total. The Hall–Kier alpha value is -2.38. The Kier molecular flexibility index (Phi) is 4.19. The van der Waals surface area contributed by atoms with Crippen LogP contribution < -0.4 is 10.8 Å². The minimum absolute atomic E-state index is 0.453. The highest BCUT2D eigenvalue weighted by atomic mass is 35.5. The Bertz CT molecular complexity index is 1060. The number of halogens is 1. The third-order valence-corrected chi connectivity index (χ3v) is 5.04. The average Bonchev–Trinajstić information content (AvgIpc) is 3.12. The Morgan fingerprint density at radius 1 is 1.24 bits per heavy atom. The number of hydrogen-bond donors (Lipinski definition) is 1. The van der Waals surface area contributed by atoms with E-state index in [1.54, 1.807) is 17.5 Å². The summed E-state index contributed by atoms with van der Waals surface area (Å²) in [6.45, 7) is 2.67.